The molecule has 7 nitrogen and oxygen atoms in total. The third-order valence-electron chi connectivity index (χ3n) is 5.42. The first-order valence-corrected chi connectivity index (χ1v) is 10.1. The summed E-state index contributed by atoms with van der Waals surface area (Å²) >= 11 is 0. The quantitative estimate of drug-likeness (QED) is 0.666. The maximum Gasteiger partial charge on any atom is 0.252 e. The lowest BCUT2D eigenvalue weighted by Crippen LogP contribution is -2.31. The third kappa shape index (κ3) is 4.63. The van der Waals surface area contributed by atoms with Gasteiger partial charge in [0.05, 0.1) is 5.56 Å². The van der Waals surface area contributed by atoms with Gasteiger partial charge < -0.3 is 10.2 Å². The first-order chi connectivity index (χ1) is 14.1. The number of hydrogen-bond donors (Lipinski definition) is 1. The van der Waals surface area contributed by atoms with Gasteiger partial charge in [0, 0.05) is 38.3 Å². The highest BCUT2D eigenvalue weighted by Crippen LogP contribution is 2.27. The van der Waals surface area contributed by atoms with Gasteiger partial charge in [-0.2, -0.15) is 0 Å². The number of carbonyl (C=O) groups excluding carboxylic acids is 1. The van der Waals surface area contributed by atoms with E-state index < -0.39 is 0 Å². The second kappa shape index (κ2) is 8.71. The van der Waals surface area contributed by atoms with Crippen LogP contribution in [0.15, 0.2) is 48.7 Å². The van der Waals surface area contributed by atoms with E-state index in [1.54, 1.807) is 0 Å². The molecule has 1 saturated heterocycles. The van der Waals surface area contributed by atoms with Crippen LogP contribution in [0.1, 0.15) is 34.1 Å². The molecule has 4 rings (SSSR count). The van der Waals surface area contributed by atoms with E-state index in [1.807, 2.05) is 47.8 Å². The summed E-state index contributed by atoms with van der Waals surface area (Å²) in [6, 6.07) is 14.2. The topological polar surface area (TPSA) is 65.8 Å². The van der Waals surface area contributed by atoms with E-state index in [9.17, 15) is 4.79 Å². The molecular formula is C22H28N6O. The van der Waals surface area contributed by atoms with Crippen LogP contribution in [0.25, 0.3) is 5.65 Å². The predicted molar refractivity (Wildman–Crippen MR) is 113 cm³/mol. The van der Waals surface area contributed by atoms with Crippen LogP contribution in [0.4, 0.5) is 0 Å². The average Bonchev–Trinajstić information content (AvgIpc) is 3.34. The van der Waals surface area contributed by atoms with Crippen LogP contribution in [0.3, 0.4) is 0 Å². The van der Waals surface area contributed by atoms with Gasteiger partial charge in [0.1, 0.15) is 5.82 Å². The number of likely N-dealkylation sites (tertiary alicyclic amines) is 1. The van der Waals surface area contributed by atoms with Gasteiger partial charge in [0.25, 0.3) is 5.91 Å². The zero-order valence-electron chi connectivity index (χ0n) is 17.1. The molecule has 1 amide bonds. The van der Waals surface area contributed by atoms with Crippen molar-refractivity contribution in [1.29, 1.82) is 0 Å². The Labute approximate surface area is 171 Å². The van der Waals surface area contributed by atoms with Gasteiger partial charge in [-0.25, -0.2) is 0 Å². The van der Waals surface area contributed by atoms with Crippen molar-refractivity contribution in [2.75, 3.05) is 40.3 Å². The molecule has 1 atom stereocenters. The molecule has 0 bridgehead atoms. The van der Waals surface area contributed by atoms with E-state index in [0.717, 1.165) is 44.1 Å². The number of carbonyl (C=O) groups is 1. The maximum absolute atomic E-state index is 12.5. The lowest BCUT2D eigenvalue weighted by molar-refractivity contribution is 0.0950. The number of rotatable bonds is 7. The Balaban J connectivity index is 1.46. The van der Waals surface area contributed by atoms with Gasteiger partial charge in [-0.3, -0.25) is 14.1 Å². The standard InChI is InChI=1S/C22H28N6O/c1-26(2)13-11-23-22(29)19-8-9-20-24-25-21(28(20)16-19)18-10-12-27(15-18)14-17-6-4-3-5-7-17/h3-9,16,18H,10-15H2,1-2H3,(H,23,29)/t18-/m1/s1. The molecule has 0 spiro atoms. The molecular weight excluding hydrogens is 364 g/mol. The Morgan fingerprint density at radius 2 is 2.00 bits per heavy atom. The van der Waals surface area contributed by atoms with Crippen molar-refractivity contribution >= 4 is 11.6 Å². The molecule has 2 aromatic heterocycles. The molecule has 3 aromatic rings. The Hall–Kier alpha value is -2.77. The molecule has 0 saturated carbocycles. The second-order valence-corrected chi connectivity index (χ2v) is 7.97. The van der Waals surface area contributed by atoms with E-state index in [-0.39, 0.29) is 5.91 Å². The number of aromatic nitrogens is 3. The number of amides is 1. The summed E-state index contributed by atoms with van der Waals surface area (Å²) in [4.78, 5) is 17.0. The Morgan fingerprint density at radius 3 is 2.79 bits per heavy atom. The summed E-state index contributed by atoms with van der Waals surface area (Å²) in [5.74, 6) is 1.20. The van der Waals surface area contributed by atoms with Crippen LogP contribution in [0.5, 0.6) is 0 Å². The molecule has 0 radical (unpaired) electrons. The molecule has 0 unspecified atom stereocenters. The van der Waals surface area contributed by atoms with E-state index in [2.05, 4.69) is 44.7 Å². The highest BCUT2D eigenvalue weighted by molar-refractivity contribution is 5.94. The fourth-order valence-corrected chi connectivity index (χ4v) is 3.84. The molecule has 1 aliphatic rings. The minimum atomic E-state index is -0.0643. The first-order valence-electron chi connectivity index (χ1n) is 10.1. The normalized spacial score (nSPS) is 17.3. The molecule has 7 heteroatoms. The first kappa shape index (κ1) is 19.5. The number of pyridine rings is 1. The van der Waals surface area contributed by atoms with Crippen LogP contribution in [-0.2, 0) is 6.54 Å². The van der Waals surface area contributed by atoms with Crippen LogP contribution in [-0.4, -0.2) is 70.6 Å². The van der Waals surface area contributed by atoms with Gasteiger partial charge in [-0.1, -0.05) is 30.3 Å². The van der Waals surface area contributed by atoms with Crippen LogP contribution >= 0.6 is 0 Å². The zero-order chi connectivity index (χ0) is 20.2. The zero-order valence-corrected chi connectivity index (χ0v) is 17.1. The van der Waals surface area contributed by atoms with E-state index in [0.29, 0.717) is 18.0 Å². The fraction of sp³-hybridized carbons (Fsp3) is 0.409. The van der Waals surface area contributed by atoms with E-state index in [4.69, 9.17) is 0 Å². The Kier molecular flexibility index (Phi) is 5.87. The molecule has 29 heavy (non-hydrogen) atoms. The number of likely N-dealkylation sites (N-methyl/N-ethyl adjacent to an activating group) is 1. The number of nitrogens with one attached hydrogen (secondary N) is 1. The minimum absolute atomic E-state index is 0.0643. The van der Waals surface area contributed by atoms with Crippen LogP contribution in [0.2, 0.25) is 0 Å². The van der Waals surface area contributed by atoms with E-state index >= 15 is 0 Å². The van der Waals surface area contributed by atoms with Gasteiger partial charge >= 0.3 is 0 Å². The third-order valence-corrected chi connectivity index (χ3v) is 5.42. The number of hydrogen-bond acceptors (Lipinski definition) is 5. The van der Waals surface area contributed by atoms with Crippen LogP contribution < -0.4 is 5.32 Å². The maximum atomic E-state index is 12.5. The average molecular weight is 393 g/mol. The van der Waals surface area contributed by atoms with Crippen LogP contribution in [0, 0.1) is 0 Å². The van der Waals surface area contributed by atoms with Gasteiger partial charge in [-0.05, 0) is 44.8 Å². The highest BCUT2D eigenvalue weighted by Gasteiger charge is 2.27. The summed E-state index contributed by atoms with van der Waals surface area (Å²) < 4.78 is 1.98. The van der Waals surface area contributed by atoms with Crippen molar-refractivity contribution < 1.29 is 4.79 Å². The van der Waals surface area contributed by atoms with Crippen molar-refractivity contribution in [3.05, 3.63) is 65.6 Å². The minimum Gasteiger partial charge on any atom is -0.351 e. The summed E-state index contributed by atoms with van der Waals surface area (Å²) in [5.41, 5.74) is 2.75. The van der Waals surface area contributed by atoms with Gasteiger partial charge in [-0.15, -0.1) is 10.2 Å². The van der Waals surface area contributed by atoms with E-state index in [1.165, 1.54) is 5.56 Å². The van der Waals surface area contributed by atoms with Gasteiger partial charge in [0.15, 0.2) is 5.65 Å². The van der Waals surface area contributed by atoms with Crippen molar-refractivity contribution in [2.24, 2.45) is 0 Å². The van der Waals surface area contributed by atoms with Crippen molar-refractivity contribution in [1.82, 2.24) is 29.7 Å². The smallest absolute Gasteiger partial charge is 0.252 e. The number of fused-ring (bicyclic) bond motifs is 1. The molecule has 1 aromatic carbocycles. The van der Waals surface area contributed by atoms with Crippen molar-refractivity contribution in [3.8, 4) is 0 Å². The molecule has 1 fully saturated rings. The molecule has 152 valence electrons. The largest absolute Gasteiger partial charge is 0.351 e. The highest BCUT2D eigenvalue weighted by atomic mass is 16.1. The summed E-state index contributed by atoms with van der Waals surface area (Å²) in [7, 11) is 3.98. The molecule has 0 aliphatic carbocycles. The van der Waals surface area contributed by atoms with Gasteiger partial charge in [0.2, 0.25) is 0 Å². The Morgan fingerprint density at radius 1 is 1.17 bits per heavy atom. The SMILES string of the molecule is CN(C)CCNC(=O)c1ccc2nnc([C@@H]3CCN(Cc4ccccc4)C3)n2c1. The Bertz CT molecular complexity index is 968. The monoisotopic (exact) mass is 392 g/mol. The predicted octanol–water partition coefficient (Wildman–Crippen LogP) is 2.01. The summed E-state index contributed by atoms with van der Waals surface area (Å²) in [6.07, 6.45) is 2.92. The molecule has 1 N–H and O–H groups in total. The molecule has 1 aliphatic heterocycles. The lowest BCUT2D eigenvalue weighted by atomic mass is 10.1. The summed E-state index contributed by atoms with van der Waals surface area (Å²) in [6.45, 7) is 4.38. The van der Waals surface area contributed by atoms with Crippen molar-refractivity contribution in [2.45, 2.75) is 18.9 Å². The summed E-state index contributed by atoms with van der Waals surface area (Å²) in [5, 5.41) is 11.7. The number of nitrogens with zero attached hydrogens (tertiary/aromatic N) is 5. The number of benzene rings is 1. The second-order valence-electron chi connectivity index (χ2n) is 7.97. The van der Waals surface area contributed by atoms with Crippen molar-refractivity contribution in [3.63, 3.8) is 0 Å². The molecule has 3 heterocycles. The fourth-order valence-electron chi connectivity index (χ4n) is 3.84. The lowest BCUT2D eigenvalue weighted by Gasteiger charge is -2.15.